The molecule has 2 aromatic rings. The summed E-state index contributed by atoms with van der Waals surface area (Å²) in [7, 11) is 0. The van der Waals surface area contributed by atoms with Crippen molar-refractivity contribution in [3.05, 3.63) is 48.0 Å². The van der Waals surface area contributed by atoms with Crippen molar-refractivity contribution in [2.45, 2.75) is 26.4 Å². The lowest BCUT2D eigenvalue weighted by atomic mass is 10.0. The predicted octanol–water partition coefficient (Wildman–Crippen LogP) is 2.75. The minimum Gasteiger partial charge on any atom is -0.465 e. The summed E-state index contributed by atoms with van der Waals surface area (Å²) in [6.45, 7) is 3.81. The number of amides is 2. The Morgan fingerprint density at radius 2 is 1.77 bits per heavy atom. The highest BCUT2D eigenvalue weighted by Gasteiger charge is 2.21. The van der Waals surface area contributed by atoms with Gasteiger partial charge in [0.25, 0.3) is 0 Å². The van der Waals surface area contributed by atoms with E-state index in [9.17, 15) is 9.59 Å². The Hall–Kier alpha value is -2.56. The van der Waals surface area contributed by atoms with Gasteiger partial charge in [0.2, 0.25) is 5.91 Å². The van der Waals surface area contributed by atoms with Gasteiger partial charge in [-0.1, -0.05) is 49.4 Å². The van der Waals surface area contributed by atoms with Crippen LogP contribution < -0.4 is 10.6 Å². The molecule has 5 nitrogen and oxygen atoms in total. The molecule has 1 unspecified atom stereocenters. The van der Waals surface area contributed by atoms with Crippen molar-refractivity contribution in [3.63, 3.8) is 0 Å². The molecule has 0 bridgehead atoms. The molecule has 0 radical (unpaired) electrons. The van der Waals surface area contributed by atoms with E-state index in [1.165, 1.54) is 0 Å². The summed E-state index contributed by atoms with van der Waals surface area (Å²) in [5.41, 5.74) is 1.04. The highest BCUT2D eigenvalue weighted by atomic mass is 16.4. The van der Waals surface area contributed by atoms with E-state index < -0.39 is 18.1 Å². The van der Waals surface area contributed by atoms with Crippen LogP contribution in [0.3, 0.4) is 0 Å². The smallest absolute Gasteiger partial charge is 0.404 e. The molecule has 0 heterocycles. The maximum atomic E-state index is 12.1. The van der Waals surface area contributed by atoms with Crippen LogP contribution in [0.1, 0.15) is 19.4 Å². The number of carbonyl (C=O) groups excluding carboxylic acids is 1. The van der Waals surface area contributed by atoms with Crippen molar-refractivity contribution in [1.29, 1.82) is 0 Å². The van der Waals surface area contributed by atoms with Crippen molar-refractivity contribution in [2.75, 3.05) is 0 Å². The lowest BCUT2D eigenvalue weighted by Crippen LogP contribution is -2.43. The molecule has 2 amide bonds. The second-order valence-electron chi connectivity index (χ2n) is 5.38. The number of carbonyl (C=O) groups is 2. The number of carboxylic acid groups (broad SMARTS) is 1. The van der Waals surface area contributed by atoms with E-state index in [-0.39, 0.29) is 5.91 Å². The van der Waals surface area contributed by atoms with Gasteiger partial charge in [0.15, 0.2) is 0 Å². The maximum absolute atomic E-state index is 12.1. The van der Waals surface area contributed by atoms with Crippen LogP contribution in [0.4, 0.5) is 4.79 Å². The largest absolute Gasteiger partial charge is 0.465 e. The summed E-state index contributed by atoms with van der Waals surface area (Å²) in [5, 5.41) is 16.1. The summed E-state index contributed by atoms with van der Waals surface area (Å²) in [4.78, 5) is 22.8. The third kappa shape index (κ3) is 3.75. The topological polar surface area (TPSA) is 78.4 Å². The van der Waals surface area contributed by atoms with Gasteiger partial charge in [-0.3, -0.25) is 4.79 Å². The molecule has 22 heavy (non-hydrogen) atoms. The van der Waals surface area contributed by atoms with Gasteiger partial charge in [0.1, 0.15) is 0 Å². The molecule has 0 fully saturated rings. The van der Waals surface area contributed by atoms with Gasteiger partial charge in [-0.15, -0.1) is 0 Å². The molecular weight excluding hydrogens is 280 g/mol. The average Bonchev–Trinajstić information content (AvgIpc) is 2.51. The van der Waals surface area contributed by atoms with Crippen molar-refractivity contribution < 1.29 is 14.7 Å². The van der Waals surface area contributed by atoms with Crippen molar-refractivity contribution >= 4 is 22.8 Å². The Labute approximate surface area is 129 Å². The van der Waals surface area contributed by atoms with Gasteiger partial charge in [0, 0.05) is 12.6 Å². The molecule has 0 spiro atoms. The Balaban J connectivity index is 2.02. The molecule has 2 rings (SSSR count). The van der Waals surface area contributed by atoms with Gasteiger partial charge in [-0.05, 0) is 23.3 Å². The summed E-state index contributed by atoms with van der Waals surface area (Å²) < 4.78 is 0. The summed E-state index contributed by atoms with van der Waals surface area (Å²) in [6, 6.07) is 13.5. The van der Waals surface area contributed by atoms with Gasteiger partial charge < -0.3 is 15.7 Å². The van der Waals surface area contributed by atoms with E-state index in [1.807, 2.05) is 42.5 Å². The number of hydrogen-bond donors (Lipinski definition) is 3. The van der Waals surface area contributed by atoms with E-state index in [0.29, 0.717) is 6.54 Å². The van der Waals surface area contributed by atoms with Crippen LogP contribution in [0.5, 0.6) is 0 Å². The SMILES string of the molecule is CC(NC(=O)O)[C@H](C)C(=O)NCc1cccc2ccccc12. The van der Waals surface area contributed by atoms with Crippen LogP contribution in [0, 0.1) is 5.92 Å². The number of nitrogens with one attached hydrogen (secondary N) is 2. The van der Waals surface area contributed by atoms with Crippen LogP contribution in [0.2, 0.25) is 0 Å². The van der Waals surface area contributed by atoms with Gasteiger partial charge in [-0.25, -0.2) is 4.79 Å². The molecule has 0 saturated carbocycles. The number of rotatable bonds is 5. The Morgan fingerprint density at radius 1 is 1.09 bits per heavy atom. The fourth-order valence-corrected chi connectivity index (χ4v) is 2.34. The highest BCUT2D eigenvalue weighted by molar-refractivity contribution is 5.86. The van der Waals surface area contributed by atoms with E-state index in [0.717, 1.165) is 16.3 Å². The molecule has 116 valence electrons. The zero-order chi connectivity index (χ0) is 16.1. The highest BCUT2D eigenvalue weighted by Crippen LogP contribution is 2.18. The molecule has 5 heteroatoms. The fraction of sp³-hybridized carbons (Fsp3) is 0.294. The Morgan fingerprint density at radius 3 is 2.50 bits per heavy atom. The van der Waals surface area contributed by atoms with Gasteiger partial charge in [0.05, 0.1) is 5.92 Å². The summed E-state index contributed by atoms with van der Waals surface area (Å²) in [5.74, 6) is -0.611. The van der Waals surface area contributed by atoms with E-state index in [1.54, 1.807) is 13.8 Å². The molecule has 0 aromatic heterocycles. The fourth-order valence-electron chi connectivity index (χ4n) is 2.34. The lowest BCUT2D eigenvalue weighted by Gasteiger charge is -2.19. The second-order valence-corrected chi connectivity index (χ2v) is 5.38. The molecule has 0 saturated heterocycles. The molecule has 0 aliphatic rings. The van der Waals surface area contributed by atoms with Gasteiger partial charge >= 0.3 is 6.09 Å². The average molecular weight is 300 g/mol. The second kappa shape index (κ2) is 6.93. The molecular formula is C17H20N2O3. The van der Waals surface area contributed by atoms with Crippen LogP contribution >= 0.6 is 0 Å². The lowest BCUT2D eigenvalue weighted by molar-refractivity contribution is -0.125. The van der Waals surface area contributed by atoms with Crippen LogP contribution in [0.15, 0.2) is 42.5 Å². The molecule has 2 atom stereocenters. The van der Waals surface area contributed by atoms with Crippen LogP contribution in [-0.4, -0.2) is 23.1 Å². The van der Waals surface area contributed by atoms with Crippen molar-refractivity contribution in [3.8, 4) is 0 Å². The van der Waals surface area contributed by atoms with E-state index in [2.05, 4.69) is 10.6 Å². The minimum absolute atomic E-state index is 0.172. The Kier molecular flexibility index (Phi) is 4.99. The number of fused-ring (bicyclic) bond motifs is 1. The first kappa shape index (κ1) is 15.8. The number of hydrogen-bond acceptors (Lipinski definition) is 2. The molecule has 0 aliphatic heterocycles. The molecule has 0 aliphatic carbocycles. The van der Waals surface area contributed by atoms with E-state index >= 15 is 0 Å². The zero-order valence-corrected chi connectivity index (χ0v) is 12.7. The monoisotopic (exact) mass is 300 g/mol. The zero-order valence-electron chi connectivity index (χ0n) is 12.7. The first-order valence-corrected chi connectivity index (χ1v) is 7.23. The van der Waals surface area contributed by atoms with Crippen LogP contribution in [-0.2, 0) is 11.3 Å². The third-order valence-corrected chi connectivity index (χ3v) is 3.85. The quantitative estimate of drug-likeness (QED) is 0.794. The maximum Gasteiger partial charge on any atom is 0.404 e. The normalized spacial score (nSPS) is 13.4. The van der Waals surface area contributed by atoms with Gasteiger partial charge in [-0.2, -0.15) is 0 Å². The standard InChI is InChI=1S/C17H20N2O3/c1-11(12(2)19-17(21)22)16(20)18-10-14-8-5-7-13-6-3-4-9-15(13)14/h3-9,11-12,19H,10H2,1-2H3,(H,18,20)(H,21,22)/t11-,12?/m0/s1. The summed E-state index contributed by atoms with van der Waals surface area (Å²) >= 11 is 0. The first-order valence-electron chi connectivity index (χ1n) is 7.23. The Bertz CT molecular complexity index is 679. The number of benzene rings is 2. The minimum atomic E-state index is -1.12. The molecule has 2 aromatic carbocycles. The van der Waals surface area contributed by atoms with E-state index in [4.69, 9.17) is 5.11 Å². The van der Waals surface area contributed by atoms with Crippen molar-refractivity contribution in [2.24, 2.45) is 5.92 Å². The molecule has 3 N–H and O–H groups in total. The third-order valence-electron chi connectivity index (χ3n) is 3.85. The van der Waals surface area contributed by atoms with Crippen LogP contribution in [0.25, 0.3) is 10.8 Å². The predicted molar refractivity (Wildman–Crippen MR) is 85.6 cm³/mol. The first-order chi connectivity index (χ1) is 10.5. The van der Waals surface area contributed by atoms with Crippen molar-refractivity contribution in [1.82, 2.24) is 10.6 Å². The summed E-state index contributed by atoms with van der Waals surface area (Å²) in [6.07, 6.45) is -1.12.